The molecule has 1 atom stereocenters. The zero-order valence-electron chi connectivity index (χ0n) is 10.7. The largest absolute Gasteiger partial charge is 0.342 e. The summed E-state index contributed by atoms with van der Waals surface area (Å²) in [4.78, 5) is 14.1. The van der Waals surface area contributed by atoms with Crippen LogP contribution in [-0.4, -0.2) is 23.9 Å². The van der Waals surface area contributed by atoms with Crippen molar-refractivity contribution in [3.05, 3.63) is 35.4 Å². The van der Waals surface area contributed by atoms with Crippen molar-refractivity contribution in [2.45, 2.75) is 26.2 Å². The lowest BCUT2D eigenvalue weighted by atomic mass is 9.99. The van der Waals surface area contributed by atoms with Gasteiger partial charge < -0.3 is 4.90 Å². The number of likely N-dealkylation sites (tertiary alicyclic amines) is 1. The van der Waals surface area contributed by atoms with Gasteiger partial charge in [-0.15, -0.1) is 0 Å². The Hall–Kier alpha value is -1.82. The molecule has 94 valence electrons. The van der Waals surface area contributed by atoms with E-state index in [2.05, 4.69) is 13.0 Å². The minimum absolute atomic E-state index is 0.200. The van der Waals surface area contributed by atoms with Gasteiger partial charge in [-0.1, -0.05) is 19.1 Å². The van der Waals surface area contributed by atoms with Crippen LogP contribution in [0.25, 0.3) is 0 Å². The first-order valence-electron chi connectivity index (χ1n) is 6.46. The van der Waals surface area contributed by atoms with E-state index in [1.807, 2.05) is 17.0 Å². The van der Waals surface area contributed by atoms with E-state index >= 15 is 0 Å². The molecule has 0 aliphatic carbocycles. The molecule has 0 bridgehead atoms. The van der Waals surface area contributed by atoms with Crippen molar-refractivity contribution >= 4 is 5.91 Å². The number of rotatable bonds is 2. The molecule has 0 spiro atoms. The molecule has 1 amide bonds. The number of carbonyl (C=O) groups is 1. The predicted molar refractivity (Wildman–Crippen MR) is 69.8 cm³/mol. The van der Waals surface area contributed by atoms with Crippen LogP contribution in [0, 0.1) is 17.2 Å². The third-order valence-corrected chi connectivity index (χ3v) is 3.45. The first kappa shape index (κ1) is 12.6. The topological polar surface area (TPSA) is 44.1 Å². The van der Waals surface area contributed by atoms with Crippen LogP contribution in [0.15, 0.2) is 24.3 Å². The molecule has 1 fully saturated rings. The smallest absolute Gasteiger partial charge is 0.226 e. The van der Waals surface area contributed by atoms with Crippen LogP contribution in [0.1, 0.15) is 30.9 Å². The average Bonchev–Trinajstić information content (AvgIpc) is 2.39. The molecular formula is C15H18N2O. The number of carbonyl (C=O) groups excluding carboxylic acids is 1. The van der Waals surface area contributed by atoms with Gasteiger partial charge in [0.15, 0.2) is 0 Å². The van der Waals surface area contributed by atoms with Crippen LogP contribution in [0.3, 0.4) is 0 Å². The lowest BCUT2D eigenvalue weighted by Crippen LogP contribution is -2.39. The number of nitrogens with zero attached hydrogens (tertiary/aromatic N) is 2. The summed E-state index contributed by atoms with van der Waals surface area (Å²) in [5, 5.41) is 8.72. The maximum Gasteiger partial charge on any atom is 0.226 e. The fourth-order valence-electron chi connectivity index (χ4n) is 2.40. The highest BCUT2D eigenvalue weighted by atomic mass is 16.2. The normalized spacial score (nSPS) is 19.3. The van der Waals surface area contributed by atoms with E-state index in [1.165, 1.54) is 6.42 Å². The molecule has 1 aromatic rings. The highest BCUT2D eigenvalue weighted by Crippen LogP contribution is 2.16. The first-order valence-corrected chi connectivity index (χ1v) is 6.46. The van der Waals surface area contributed by atoms with E-state index in [0.29, 0.717) is 17.9 Å². The zero-order valence-corrected chi connectivity index (χ0v) is 10.7. The second-order valence-electron chi connectivity index (χ2n) is 5.07. The van der Waals surface area contributed by atoms with Crippen LogP contribution in [0.5, 0.6) is 0 Å². The summed E-state index contributed by atoms with van der Waals surface area (Å²) < 4.78 is 0. The van der Waals surface area contributed by atoms with E-state index in [0.717, 1.165) is 25.1 Å². The van der Waals surface area contributed by atoms with Crippen LogP contribution < -0.4 is 0 Å². The minimum atomic E-state index is 0.200. The predicted octanol–water partition coefficient (Wildman–Crippen LogP) is 2.36. The maximum atomic E-state index is 12.1. The van der Waals surface area contributed by atoms with Crippen molar-refractivity contribution in [2.24, 2.45) is 5.92 Å². The molecule has 3 heteroatoms. The van der Waals surface area contributed by atoms with Crippen molar-refractivity contribution in [1.29, 1.82) is 5.26 Å². The second kappa shape index (κ2) is 5.68. The molecule has 0 radical (unpaired) electrons. The van der Waals surface area contributed by atoms with Crippen LogP contribution >= 0.6 is 0 Å². The highest BCUT2D eigenvalue weighted by molar-refractivity contribution is 5.78. The van der Waals surface area contributed by atoms with Gasteiger partial charge in [0.1, 0.15) is 0 Å². The standard InChI is InChI=1S/C15H18N2O/c1-12-3-2-8-17(11-12)15(18)9-13-4-6-14(10-16)7-5-13/h4-7,12H,2-3,8-9,11H2,1H3. The quantitative estimate of drug-likeness (QED) is 0.799. The molecular weight excluding hydrogens is 224 g/mol. The number of hydrogen-bond donors (Lipinski definition) is 0. The van der Waals surface area contributed by atoms with Gasteiger partial charge in [-0.3, -0.25) is 4.79 Å². The Morgan fingerprint density at radius 2 is 2.17 bits per heavy atom. The summed E-state index contributed by atoms with van der Waals surface area (Å²) in [6, 6.07) is 9.34. The molecule has 2 rings (SSSR count). The molecule has 1 aromatic carbocycles. The van der Waals surface area contributed by atoms with Gasteiger partial charge in [-0.25, -0.2) is 0 Å². The van der Waals surface area contributed by atoms with E-state index in [9.17, 15) is 4.79 Å². The molecule has 0 aromatic heterocycles. The van der Waals surface area contributed by atoms with E-state index in [-0.39, 0.29) is 5.91 Å². The molecule has 3 nitrogen and oxygen atoms in total. The van der Waals surface area contributed by atoms with Gasteiger partial charge in [0.25, 0.3) is 0 Å². The van der Waals surface area contributed by atoms with Crippen molar-refractivity contribution in [2.75, 3.05) is 13.1 Å². The number of hydrogen-bond acceptors (Lipinski definition) is 2. The molecule has 0 N–H and O–H groups in total. The van der Waals surface area contributed by atoms with Gasteiger partial charge in [0.05, 0.1) is 18.1 Å². The Balaban J connectivity index is 1.96. The Morgan fingerprint density at radius 1 is 1.44 bits per heavy atom. The molecule has 1 saturated heterocycles. The van der Waals surface area contributed by atoms with Crippen molar-refractivity contribution in [3.8, 4) is 6.07 Å². The van der Waals surface area contributed by atoms with E-state index in [4.69, 9.17) is 5.26 Å². The fraction of sp³-hybridized carbons (Fsp3) is 0.467. The van der Waals surface area contributed by atoms with E-state index in [1.54, 1.807) is 12.1 Å². The summed E-state index contributed by atoms with van der Waals surface area (Å²) in [5.41, 5.74) is 1.62. The minimum Gasteiger partial charge on any atom is -0.342 e. The Morgan fingerprint density at radius 3 is 2.78 bits per heavy atom. The van der Waals surface area contributed by atoms with Gasteiger partial charge in [-0.2, -0.15) is 5.26 Å². The average molecular weight is 242 g/mol. The van der Waals surface area contributed by atoms with Gasteiger partial charge >= 0.3 is 0 Å². The molecule has 0 saturated carbocycles. The third-order valence-electron chi connectivity index (χ3n) is 3.45. The Bertz CT molecular complexity index is 458. The number of nitriles is 1. The molecule has 18 heavy (non-hydrogen) atoms. The van der Waals surface area contributed by atoms with Gasteiger partial charge in [0.2, 0.25) is 5.91 Å². The zero-order chi connectivity index (χ0) is 13.0. The number of piperidine rings is 1. The van der Waals surface area contributed by atoms with Crippen molar-refractivity contribution in [1.82, 2.24) is 4.90 Å². The molecule has 1 aliphatic heterocycles. The summed E-state index contributed by atoms with van der Waals surface area (Å²) in [6.45, 7) is 3.97. The van der Waals surface area contributed by atoms with E-state index < -0.39 is 0 Å². The highest BCUT2D eigenvalue weighted by Gasteiger charge is 2.20. The van der Waals surface area contributed by atoms with Crippen molar-refractivity contribution in [3.63, 3.8) is 0 Å². The Labute approximate surface area is 108 Å². The summed E-state index contributed by atoms with van der Waals surface area (Å²) in [5.74, 6) is 0.815. The number of benzene rings is 1. The molecule has 1 heterocycles. The fourth-order valence-corrected chi connectivity index (χ4v) is 2.40. The molecule has 1 unspecified atom stereocenters. The summed E-state index contributed by atoms with van der Waals surface area (Å²) >= 11 is 0. The van der Waals surface area contributed by atoms with Crippen molar-refractivity contribution < 1.29 is 4.79 Å². The first-order chi connectivity index (χ1) is 8.69. The van der Waals surface area contributed by atoms with Crippen LogP contribution in [-0.2, 0) is 11.2 Å². The summed E-state index contributed by atoms with van der Waals surface area (Å²) in [6.07, 6.45) is 2.78. The van der Waals surface area contributed by atoms with Crippen LogP contribution in [0.2, 0.25) is 0 Å². The monoisotopic (exact) mass is 242 g/mol. The molecule has 1 aliphatic rings. The van der Waals surface area contributed by atoms with Crippen LogP contribution in [0.4, 0.5) is 0 Å². The lowest BCUT2D eigenvalue weighted by Gasteiger charge is -2.31. The Kier molecular flexibility index (Phi) is 3.99. The van der Waals surface area contributed by atoms with Gasteiger partial charge in [-0.05, 0) is 36.5 Å². The van der Waals surface area contributed by atoms with Gasteiger partial charge in [0, 0.05) is 13.1 Å². The summed E-state index contributed by atoms with van der Waals surface area (Å²) in [7, 11) is 0. The number of amides is 1. The maximum absolute atomic E-state index is 12.1. The lowest BCUT2D eigenvalue weighted by molar-refractivity contribution is -0.132. The third kappa shape index (κ3) is 3.10. The second-order valence-corrected chi connectivity index (χ2v) is 5.07. The SMILES string of the molecule is CC1CCCN(C(=O)Cc2ccc(C#N)cc2)C1.